The smallest absolute Gasteiger partial charge is 0.355 e. The van der Waals surface area contributed by atoms with Crippen LogP contribution in [0.2, 0.25) is 0 Å². The maximum atomic E-state index is 10.4. The van der Waals surface area contributed by atoms with E-state index in [2.05, 4.69) is 32.8 Å². The summed E-state index contributed by atoms with van der Waals surface area (Å²) in [6.07, 6.45) is 0. The van der Waals surface area contributed by atoms with Crippen LogP contribution in [0, 0.1) is 11.8 Å². The van der Waals surface area contributed by atoms with Crippen LogP contribution < -0.4 is 0 Å². The molecular formula is C7H4BrNO2S. The quantitative estimate of drug-likeness (QED) is 0.604. The minimum atomic E-state index is -1.02. The Morgan fingerprint density at radius 3 is 3.08 bits per heavy atom. The summed E-state index contributed by atoms with van der Waals surface area (Å²) in [4.78, 5) is 14.1. The minimum absolute atomic E-state index is 0.0545. The van der Waals surface area contributed by atoms with E-state index in [4.69, 9.17) is 5.11 Å². The fourth-order valence-corrected chi connectivity index (χ4v) is 1.34. The van der Waals surface area contributed by atoms with E-state index in [1.165, 1.54) is 16.7 Å². The fraction of sp³-hybridized carbons (Fsp3) is 0.143. The summed E-state index contributed by atoms with van der Waals surface area (Å²) < 4.78 is 0. The molecule has 0 amide bonds. The van der Waals surface area contributed by atoms with E-state index >= 15 is 0 Å². The number of rotatable bonds is 1. The first-order valence-corrected chi connectivity index (χ1v) is 4.98. The van der Waals surface area contributed by atoms with E-state index in [-0.39, 0.29) is 5.69 Å². The number of hydrogen-bond donors (Lipinski definition) is 1. The predicted molar refractivity (Wildman–Crippen MR) is 49.7 cm³/mol. The number of thiazole rings is 1. The number of aromatic nitrogens is 1. The Kier molecular flexibility index (Phi) is 3.26. The summed E-state index contributed by atoms with van der Waals surface area (Å²) in [6.45, 7) is 0. The van der Waals surface area contributed by atoms with Crippen molar-refractivity contribution in [2.45, 2.75) is 0 Å². The highest BCUT2D eigenvalue weighted by Crippen LogP contribution is 2.07. The van der Waals surface area contributed by atoms with Crippen molar-refractivity contribution in [3.8, 4) is 11.8 Å². The van der Waals surface area contributed by atoms with Crippen molar-refractivity contribution in [2.24, 2.45) is 0 Å². The monoisotopic (exact) mass is 245 g/mol. The maximum absolute atomic E-state index is 10.4. The molecule has 62 valence electrons. The summed E-state index contributed by atoms with van der Waals surface area (Å²) in [5, 5.41) is 11.1. The van der Waals surface area contributed by atoms with Gasteiger partial charge in [-0.3, -0.25) is 0 Å². The fourth-order valence-electron chi connectivity index (χ4n) is 0.538. The zero-order valence-electron chi connectivity index (χ0n) is 5.87. The number of carboxylic acid groups (broad SMARTS) is 1. The number of halogens is 1. The highest BCUT2D eigenvalue weighted by atomic mass is 79.9. The number of aromatic carboxylic acids is 1. The Hall–Kier alpha value is -0.860. The van der Waals surface area contributed by atoms with Gasteiger partial charge >= 0.3 is 5.97 Å². The van der Waals surface area contributed by atoms with E-state index < -0.39 is 5.97 Å². The molecule has 5 heteroatoms. The molecule has 0 unspecified atom stereocenters. The second kappa shape index (κ2) is 4.24. The molecule has 0 fully saturated rings. The molecule has 1 rings (SSSR count). The van der Waals surface area contributed by atoms with Crippen LogP contribution in [0.15, 0.2) is 5.38 Å². The van der Waals surface area contributed by atoms with Crippen LogP contribution in [0.3, 0.4) is 0 Å². The van der Waals surface area contributed by atoms with Crippen molar-refractivity contribution in [2.75, 3.05) is 5.33 Å². The van der Waals surface area contributed by atoms with Crippen LogP contribution in [-0.2, 0) is 0 Å². The molecule has 0 spiro atoms. The molecular weight excluding hydrogens is 242 g/mol. The molecule has 0 radical (unpaired) electrons. The van der Waals surface area contributed by atoms with Gasteiger partial charge in [0.2, 0.25) is 0 Å². The summed E-state index contributed by atoms with van der Waals surface area (Å²) in [5.41, 5.74) is 0.0545. The third kappa shape index (κ3) is 2.32. The van der Waals surface area contributed by atoms with Crippen LogP contribution >= 0.6 is 27.3 Å². The van der Waals surface area contributed by atoms with Crippen molar-refractivity contribution < 1.29 is 9.90 Å². The molecule has 1 aromatic heterocycles. The molecule has 1 heterocycles. The van der Waals surface area contributed by atoms with Gasteiger partial charge in [0, 0.05) is 5.38 Å². The van der Waals surface area contributed by atoms with Gasteiger partial charge in [-0.2, -0.15) is 0 Å². The lowest BCUT2D eigenvalue weighted by molar-refractivity contribution is 0.0691. The molecule has 12 heavy (non-hydrogen) atoms. The lowest BCUT2D eigenvalue weighted by Crippen LogP contribution is -1.95. The molecule has 1 N–H and O–H groups in total. The molecule has 0 aromatic carbocycles. The highest BCUT2D eigenvalue weighted by molar-refractivity contribution is 9.09. The molecule has 1 aromatic rings. The first kappa shape index (κ1) is 9.23. The Morgan fingerprint density at radius 2 is 2.58 bits per heavy atom. The standard InChI is InChI=1S/C7H4BrNO2S/c8-3-1-2-6-9-5(4-12-6)7(10)11/h4H,3H2,(H,10,11). The van der Waals surface area contributed by atoms with Gasteiger partial charge in [0.1, 0.15) is 0 Å². The normalized spacial score (nSPS) is 8.75. The van der Waals surface area contributed by atoms with Gasteiger partial charge in [-0.15, -0.1) is 11.3 Å². The number of carboxylic acids is 1. The van der Waals surface area contributed by atoms with Gasteiger partial charge in [0.25, 0.3) is 0 Å². The highest BCUT2D eigenvalue weighted by Gasteiger charge is 2.06. The van der Waals surface area contributed by atoms with Crippen LogP contribution in [0.5, 0.6) is 0 Å². The van der Waals surface area contributed by atoms with Gasteiger partial charge in [0.05, 0.1) is 5.33 Å². The largest absolute Gasteiger partial charge is 0.476 e. The van der Waals surface area contributed by atoms with Crippen molar-refractivity contribution in [1.82, 2.24) is 4.98 Å². The van der Waals surface area contributed by atoms with Crippen molar-refractivity contribution in [3.63, 3.8) is 0 Å². The third-order valence-electron chi connectivity index (χ3n) is 0.985. The van der Waals surface area contributed by atoms with Crippen molar-refractivity contribution in [3.05, 3.63) is 16.1 Å². The Labute approximate surface area is 81.6 Å². The topological polar surface area (TPSA) is 50.2 Å². The molecule has 0 aliphatic carbocycles. The summed E-state index contributed by atoms with van der Waals surface area (Å²) in [7, 11) is 0. The molecule has 0 saturated carbocycles. The second-order valence-corrected chi connectivity index (χ2v) is 3.20. The predicted octanol–water partition coefficient (Wildman–Crippen LogP) is 1.59. The van der Waals surface area contributed by atoms with Crippen LogP contribution in [0.25, 0.3) is 0 Å². The number of nitrogens with zero attached hydrogens (tertiary/aromatic N) is 1. The lowest BCUT2D eigenvalue weighted by atomic mass is 10.5. The molecule has 3 nitrogen and oxygen atoms in total. The number of hydrogen-bond acceptors (Lipinski definition) is 3. The average Bonchev–Trinajstić information content (AvgIpc) is 2.48. The van der Waals surface area contributed by atoms with E-state index in [1.807, 2.05) is 0 Å². The molecule has 0 saturated heterocycles. The minimum Gasteiger partial charge on any atom is -0.476 e. The third-order valence-corrected chi connectivity index (χ3v) is 2.02. The lowest BCUT2D eigenvalue weighted by Gasteiger charge is -1.79. The van der Waals surface area contributed by atoms with Gasteiger partial charge in [-0.1, -0.05) is 21.9 Å². The molecule has 0 atom stereocenters. The summed E-state index contributed by atoms with van der Waals surface area (Å²) in [5.74, 6) is 4.44. The average molecular weight is 246 g/mol. The van der Waals surface area contributed by atoms with Gasteiger partial charge < -0.3 is 5.11 Å². The van der Waals surface area contributed by atoms with Gasteiger partial charge in [-0.25, -0.2) is 9.78 Å². The van der Waals surface area contributed by atoms with E-state index in [9.17, 15) is 4.79 Å². The summed E-state index contributed by atoms with van der Waals surface area (Å²) in [6, 6.07) is 0. The zero-order valence-corrected chi connectivity index (χ0v) is 8.28. The first-order chi connectivity index (χ1) is 5.74. The maximum Gasteiger partial charge on any atom is 0.355 e. The summed E-state index contributed by atoms with van der Waals surface area (Å²) >= 11 is 4.36. The van der Waals surface area contributed by atoms with E-state index in [1.54, 1.807) is 0 Å². The SMILES string of the molecule is O=C(O)c1csc(C#CCBr)n1. The first-order valence-electron chi connectivity index (χ1n) is 2.97. The Bertz CT molecular complexity index is 350. The van der Waals surface area contributed by atoms with Crippen LogP contribution in [-0.4, -0.2) is 21.4 Å². The van der Waals surface area contributed by atoms with Crippen molar-refractivity contribution >= 4 is 33.2 Å². The molecule has 0 bridgehead atoms. The van der Waals surface area contributed by atoms with Crippen LogP contribution in [0.4, 0.5) is 0 Å². The number of carbonyl (C=O) groups is 1. The zero-order chi connectivity index (χ0) is 8.97. The number of alkyl halides is 1. The van der Waals surface area contributed by atoms with Crippen LogP contribution in [0.1, 0.15) is 15.5 Å². The Balaban J connectivity index is 2.84. The van der Waals surface area contributed by atoms with E-state index in [0.717, 1.165) is 0 Å². The van der Waals surface area contributed by atoms with Crippen molar-refractivity contribution in [1.29, 1.82) is 0 Å². The molecule has 0 aliphatic heterocycles. The van der Waals surface area contributed by atoms with E-state index in [0.29, 0.717) is 10.3 Å². The second-order valence-electron chi connectivity index (χ2n) is 1.78. The molecule has 0 aliphatic rings. The Morgan fingerprint density at radius 1 is 1.83 bits per heavy atom. The van der Waals surface area contributed by atoms with Gasteiger partial charge in [-0.05, 0) is 5.92 Å². The van der Waals surface area contributed by atoms with Gasteiger partial charge in [0.15, 0.2) is 10.7 Å².